The molecule has 0 amide bonds. The Morgan fingerprint density at radius 3 is 2.70 bits per heavy atom. The Balaban J connectivity index is 1.65. The Bertz CT molecular complexity index is 964. The lowest BCUT2D eigenvalue weighted by atomic mass is 9.71. The zero-order valence-electron chi connectivity index (χ0n) is 17.7. The van der Waals surface area contributed by atoms with Crippen molar-refractivity contribution in [3.8, 4) is 0 Å². The lowest BCUT2D eigenvalue weighted by molar-refractivity contribution is -0.255. The van der Waals surface area contributed by atoms with Gasteiger partial charge in [0.15, 0.2) is 0 Å². The zero-order valence-corrected chi connectivity index (χ0v) is 17.7. The maximum absolute atomic E-state index is 11.9. The van der Waals surface area contributed by atoms with Crippen LogP contribution in [0.5, 0.6) is 0 Å². The Kier molecular flexibility index (Phi) is 5.14. The second kappa shape index (κ2) is 7.94. The number of carboxylic acids is 1. The van der Waals surface area contributed by atoms with Gasteiger partial charge >= 0.3 is 0 Å². The SMILES string of the molecule is CCCCC[C@H]1CCN2c3c1cc(C(=O)[O-])cc3[C@@H]1C=CC[C@@H]1[C@@H]2c1ccccc1. The van der Waals surface area contributed by atoms with Crippen molar-refractivity contribution >= 4 is 11.7 Å². The van der Waals surface area contributed by atoms with Crippen molar-refractivity contribution in [3.05, 3.63) is 76.9 Å². The quantitative estimate of drug-likeness (QED) is 0.486. The molecule has 30 heavy (non-hydrogen) atoms. The first-order valence-electron chi connectivity index (χ1n) is 11.6. The monoisotopic (exact) mass is 400 g/mol. The second-order valence-corrected chi connectivity index (χ2v) is 9.17. The number of hydrogen-bond acceptors (Lipinski definition) is 3. The van der Waals surface area contributed by atoms with Gasteiger partial charge in [-0.15, -0.1) is 0 Å². The van der Waals surface area contributed by atoms with E-state index >= 15 is 0 Å². The fraction of sp³-hybridized carbons (Fsp3) is 0.444. The van der Waals surface area contributed by atoms with Gasteiger partial charge in [0.2, 0.25) is 0 Å². The van der Waals surface area contributed by atoms with Gasteiger partial charge in [0.1, 0.15) is 0 Å². The molecule has 4 atom stereocenters. The molecule has 0 aromatic heterocycles. The van der Waals surface area contributed by atoms with Crippen LogP contribution in [0.3, 0.4) is 0 Å². The summed E-state index contributed by atoms with van der Waals surface area (Å²) in [6.07, 6.45) is 11.5. The van der Waals surface area contributed by atoms with E-state index in [1.54, 1.807) is 0 Å². The van der Waals surface area contributed by atoms with Crippen LogP contribution in [0.1, 0.15) is 90.4 Å². The van der Waals surface area contributed by atoms with Crippen molar-refractivity contribution in [2.24, 2.45) is 5.92 Å². The average Bonchev–Trinajstić information content (AvgIpc) is 3.25. The number of allylic oxidation sites excluding steroid dienone is 2. The number of carbonyl (C=O) groups is 1. The van der Waals surface area contributed by atoms with Crippen LogP contribution in [0.4, 0.5) is 5.69 Å². The van der Waals surface area contributed by atoms with Crippen LogP contribution in [0, 0.1) is 5.92 Å². The van der Waals surface area contributed by atoms with E-state index in [1.807, 2.05) is 12.1 Å². The molecule has 0 radical (unpaired) electrons. The summed E-state index contributed by atoms with van der Waals surface area (Å²) in [5, 5.41) is 11.9. The van der Waals surface area contributed by atoms with E-state index in [0.29, 0.717) is 23.4 Å². The molecule has 3 heteroatoms. The summed E-state index contributed by atoms with van der Waals surface area (Å²) >= 11 is 0. The van der Waals surface area contributed by atoms with Crippen LogP contribution in [0.25, 0.3) is 0 Å². The number of anilines is 1. The van der Waals surface area contributed by atoms with Crippen molar-refractivity contribution in [1.82, 2.24) is 0 Å². The fourth-order valence-corrected chi connectivity index (χ4v) is 6.12. The Morgan fingerprint density at radius 2 is 1.93 bits per heavy atom. The molecule has 2 aromatic rings. The van der Waals surface area contributed by atoms with Crippen molar-refractivity contribution in [1.29, 1.82) is 0 Å². The number of unbranched alkanes of at least 4 members (excludes halogenated alkanes) is 2. The fourth-order valence-electron chi connectivity index (χ4n) is 6.12. The summed E-state index contributed by atoms with van der Waals surface area (Å²) in [6.45, 7) is 3.28. The Morgan fingerprint density at radius 1 is 1.13 bits per heavy atom. The standard InChI is InChI=1S/C27H31NO2/c1-2-3-5-9-18-14-15-28-25(19-10-6-4-7-11-19)22-13-8-12-21(22)24-17-20(27(29)30)16-23(18)26(24)28/h4,6-8,10-12,16-18,21-22,25H,2-3,5,9,13-15H2,1H3,(H,29,30)/p-1/t18-,21+,22-,25-/m0/s1. The highest BCUT2D eigenvalue weighted by Crippen LogP contribution is 2.57. The third kappa shape index (κ3) is 3.15. The van der Waals surface area contributed by atoms with Gasteiger partial charge in [0, 0.05) is 18.2 Å². The Hall–Kier alpha value is -2.55. The predicted octanol–water partition coefficient (Wildman–Crippen LogP) is 5.34. The minimum Gasteiger partial charge on any atom is -0.545 e. The number of rotatable bonds is 6. The molecule has 156 valence electrons. The summed E-state index contributed by atoms with van der Waals surface area (Å²) in [4.78, 5) is 14.5. The van der Waals surface area contributed by atoms with Gasteiger partial charge in [-0.3, -0.25) is 0 Å². The van der Waals surface area contributed by atoms with Crippen LogP contribution >= 0.6 is 0 Å². The third-order valence-corrected chi connectivity index (χ3v) is 7.46. The van der Waals surface area contributed by atoms with Crippen LogP contribution < -0.4 is 10.0 Å². The molecule has 0 bridgehead atoms. The van der Waals surface area contributed by atoms with Gasteiger partial charge in [0.05, 0.1) is 12.0 Å². The molecule has 2 aliphatic heterocycles. The molecule has 0 spiro atoms. The highest BCUT2D eigenvalue weighted by molar-refractivity contribution is 5.88. The molecule has 3 aliphatic rings. The minimum absolute atomic E-state index is 0.286. The second-order valence-electron chi connectivity index (χ2n) is 9.17. The molecule has 0 saturated carbocycles. The average molecular weight is 401 g/mol. The first-order valence-corrected chi connectivity index (χ1v) is 11.6. The first-order chi connectivity index (χ1) is 14.7. The largest absolute Gasteiger partial charge is 0.545 e. The molecule has 5 rings (SSSR count). The maximum atomic E-state index is 11.9. The van der Waals surface area contributed by atoms with E-state index in [-0.39, 0.29) is 5.92 Å². The van der Waals surface area contributed by atoms with Crippen molar-refractivity contribution in [3.63, 3.8) is 0 Å². The normalized spacial score (nSPS) is 26.4. The van der Waals surface area contributed by atoms with Gasteiger partial charge < -0.3 is 14.8 Å². The summed E-state index contributed by atoms with van der Waals surface area (Å²) < 4.78 is 0. The number of hydrogen-bond donors (Lipinski definition) is 0. The third-order valence-electron chi connectivity index (χ3n) is 7.46. The van der Waals surface area contributed by atoms with Crippen LogP contribution in [0.15, 0.2) is 54.6 Å². The molecule has 0 N–H and O–H groups in total. The molecule has 2 heterocycles. The predicted molar refractivity (Wildman–Crippen MR) is 119 cm³/mol. The van der Waals surface area contributed by atoms with Gasteiger partial charge in [-0.05, 0) is 65.5 Å². The van der Waals surface area contributed by atoms with Crippen LogP contribution in [-0.4, -0.2) is 12.5 Å². The molecule has 0 saturated heterocycles. The van der Waals surface area contributed by atoms with E-state index in [2.05, 4.69) is 54.3 Å². The number of nitrogens with zero attached hydrogens (tertiary/aromatic N) is 1. The lowest BCUT2D eigenvalue weighted by Crippen LogP contribution is -2.44. The van der Waals surface area contributed by atoms with Crippen LogP contribution in [-0.2, 0) is 0 Å². The van der Waals surface area contributed by atoms with E-state index in [1.165, 1.54) is 41.6 Å². The molecular formula is C27H30NO2-. The Labute approximate surface area is 179 Å². The number of carbonyl (C=O) groups excluding carboxylic acids is 1. The van der Waals surface area contributed by atoms with Gasteiger partial charge in [0.25, 0.3) is 0 Å². The number of aromatic carboxylic acids is 1. The molecular weight excluding hydrogens is 370 g/mol. The van der Waals surface area contributed by atoms with Crippen LogP contribution in [0.2, 0.25) is 0 Å². The first kappa shape index (κ1) is 19.4. The maximum Gasteiger partial charge on any atom is 0.0715 e. The highest BCUT2D eigenvalue weighted by Gasteiger charge is 2.45. The summed E-state index contributed by atoms with van der Waals surface area (Å²) in [6, 6.07) is 15.1. The summed E-state index contributed by atoms with van der Waals surface area (Å²) in [5.74, 6) is 0.136. The van der Waals surface area contributed by atoms with E-state index < -0.39 is 5.97 Å². The van der Waals surface area contributed by atoms with Crippen molar-refractivity contribution in [2.75, 3.05) is 11.4 Å². The number of fused-ring (bicyclic) bond motifs is 2. The molecule has 1 aliphatic carbocycles. The molecule has 0 unspecified atom stereocenters. The molecule has 0 fully saturated rings. The van der Waals surface area contributed by atoms with Gasteiger partial charge in [-0.2, -0.15) is 0 Å². The zero-order chi connectivity index (χ0) is 20.7. The molecule has 3 nitrogen and oxygen atoms in total. The van der Waals surface area contributed by atoms with Gasteiger partial charge in [-0.1, -0.05) is 68.7 Å². The smallest absolute Gasteiger partial charge is 0.0715 e. The van der Waals surface area contributed by atoms with Crippen molar-refractivity contribution in [2.45, 2.75) is 63.3 Å². The highest BCUT2D eigenvalue weighted by atomic mass is 16.4. The molecule has 2 aromatic carbocycles. The van der Waals surface area contributed by atoms with Gasteiger partial charge in [-0.25, -0.2) is 0 Å². The van der Waals surface area contributed by atoms with E-state index in [4.69, 9.17) is 0 Å². The van der Waals surface area contributed by atoms with Crippen molar-refractivity contribution < 1.29 is 9.90 Å². The number of carboxylic acid groups (broad SMARTS) is 1. The van der Waals surface area contributed by atoms with E-state index in [0.717, 1.165) is 25.8 Å². The minimum atomic E-state index is -1.05. The van der Waals surface area contributed by atoms with E-state index in [9.17, 15) is 9.90 Å². The lowest BCUT2D eigenvalue weighted by Gasteiger charge is -2.50. The number of benzene rings is 2. The summed E-state index contributed by atoms with van der Waals surface area (Å²) in [5.41, 5.74) is 5.49. The summed E-state index contributed by atoms with van der Waals surface area (Å²) in [7, 11) is 0. The topological polar surface area (TPSA) is 43.4 Å².